The summed E-state index contributed by atoms with van der Waals surface area (Å²) in [4.78, 5) is 30.2. The molecule has 0 spiro atoms. The Hall–Kier alpha value is -3.38. The number of benzene rings is 2. The number of anilines is 2. The molecule has 192 valence electrons. The predicted molar refractivity (Wildman–Crippen MR) is 139 cm³/mol. The summed E-state index contributed by atoms with van der Waals surface area (Å²) in [6, 6.07) is 11.1. The van der Waals surface area contributed by atoms with E-state index in [0.29, 0.717) is 31.6 Å². The molecule has 0 saturated heterocycles. The Kier molecular flexibility index (Phi) is 9.88. The van der Waals surface area contributed by atoms with Gasteiger partial charge in [0.25, 0.3) is 15.9 Å². The standard InChI is InChI=1S/C24H27BrN4O6S/c1-2-34-23(30)6-4-3-5-13-35-21-12-11-19(28-24(31)20-15-26-16-27-20)14-22(21)36(32,33)29-18-9-7-17(25)8-10-18/h7-12,14-16,29H,2-6,13H2,1H3,(H,26,27)(H,28,31). The summed E-state index contributed by atoms with van der Waals surface area (Å²) in [7, 11) is -4.06. The van der Waals surface area contributed by atoms with Crippen molar-refractivity contribution in [2.75, 3.05) is 23.3 Å². The van der Waals surface area contributed by atoms with Gasteiger partial charge in [-0.2, -0.15) is 0 Å². The van der Waals surface area contributed by atoms with Crippen molar-refractivity contribution in [2.24, 2.45) is 0 Å². The highest BCUT2D eigenvalue weighted by Gasteiger charge is 2.22. The average molecular weight is 579 g/mol. The van der Waals surface area contributed by atoms with E-state index in [4.69, 9.17) is 9.47 Å². The normalized spacial score (nSPS) is 11.1. The minimum atomic E-state index is -4.06. The van der Waals surface area contributed by atoms with Crippen molar-refractivity contribution in [1.82, 2.24) is 9.97 Å². The van der Waals surface area contributed by atoms with E-state index < -0.39 is 15.9 Å². The minimum absolute atomic E-state index is 0.126. The summed E-state index contributed by atoms with van der Waals surface area (Å²) < 4.78 is 40.6. The first kappa shape index (κ1) is 27.2. The number of nitrogens with one attached hydrogen (secondary N) is 3. The molecule has 10 nitrogen and oxygen atoms in total. The topological polar surface area (TPSA) is 139 Å². The van der Waals surface area contributed by atoms with Gasteiger partial charge in [0.1, 0.15) is 16.3 Å². The highest BCUT2D eigenvalue weighted by molar-refractivity contribution is 9.10. The maximum absolute atomic E-state index is 13.3. The van der Waals surface area contributed by atoms with Crippen LogP contribution in [0, 0.1) is 0 Å². The van der Waals surface area contributed by atoms with Crippen molar-refractivity contribution in [3.05, 3.63) is 65.2 Å². The van der Waals surface area contributed by atoms with Gasteiger partial charge < -0.3 is 19.8 Å². The second-order valence-corrected chi connectivity index (χ2v) is 10.2. The van der Waals surface area contributed by atoms with Crippen molar-refractivity contribution in [3.8, 4) is 5.75 Å². The Morgan fingerprint density at radius 3 is 2.50 bits per heavy atom. The van der Waals surface area contributed by atoms with Crippen LogP contribution in [0.1, 0.15) is 43.1 Å². The highest BCUT2D eigenvalue weighted by Crippen LogP contribution is 2.30. The molecule has 0 saturated carbocycles. The molecule has 3 aromatic rings. The fraction of sp³-hybridized carbons (Fsp3) is 0.292. The van der Waals surface area contributed by atoms with Crippen molar-refractivity contribution >= 4 is 49.2 Å². The van der Waals surface area contributed by atoms with Crippen LogP contribution in [0.25, 0.3) is 0 Å². The van der Waals surface area contributed by atoms with Gasteiger partial charge in [-0.05, 0) is 68.7 Å². The lowest BCUT2D eigenvalue weighted by Crippen LogP contribution is -2.17. The fourth-order valence-electron chi connectivity index (χ4n) is 3.19. The number of unbranched alkanes of at least 4 members (excludes halogenated alkanes) is 2. The van der Waals surface area contributed by atoms with Gasteiger partial charge in [-0.3, -0.25) is 14.3 Å². The number of carbonyl (C=O) groups excluding carboxylic acids is 2. The molecule has 1 heterocycles. The third-order valence-electron chi connectivity index (χ3n) is 4.92. The van der Waals surface area contributed by atoms with Crippen LogP contribution < -0.4 is 14.8 Å². The molecule has 2 aromatic carbocycles. The van der Waals surface area contributed by atoms with Gasteiger partial charge in [0.15, 0.2) is 0 Å². The van der Waals surface area contributed by atoms with Gasteiger partial charge >= 0.3 is 5.97 Å². The van der Waals surface area contributed by atoms with E-state index in [1.54, 1.807) is 37.3 Å². The molecular weight excluding hydrogens is 552 g/mol. The Bertz CT molecular complexity index is 1260. The maximum Gasteiger partial charge on any atom is 0.305 e. The number of halogens is 1. The summed E-state index contributed by atoms with van der Waals surface area (Å²) in [5.74, 6) is -0.560. The van der Waals surface area contributed by atoms with Crippen LogP contribution in [0.3, 0.4) is 0 Å². The molecule has 0 unspecified atom stereocenters. The molecule has 0 aliphatic heterocycles. The van der Waals surface area contributed by atoms with E-state index in [-0.39, 0.29) is 34.6 Å². The number of hydrogen-bond acceptors (Lipinski definition) is 7. The second-order valence-electron chi connectivity index (χ2n) is 7.66. The molecule has 0 fully saturated rings. The first-order chi connectivity index (χ1) is 17.3. The van der Waals surface area contributed by atoms with Gasteiger partial charge in [-0.1, -0.05) is 15.9 Å². The molecule has 12 heteroatoms. The molecule has 3 rings (SSSR count). The van der Waals surface area contributed by atoms with E-state index in [1.165, 1.54) is 24.7 Å². The zero-order chi connectivity index (χ0) is 26.0. The number of nitrogens with zero attached hydrogens (tertiary/aromatic N) is 1. The zero-order valence-corrected chi connectivity index (χ0v) is 22.0. The minimum Gasteiger partial charge on any atom is -0.492 e. The van der Waals surface area contributed by atoms with E-state index in [2.05, 4.69) is 35.9 Å². The van der Waals surface area contributed by atoms with E-state index in [1.807, 2.05) is 0 Å². The Morgan fingerprint density at radius 1 is 1.06 bits per heavy atom. The number of imidazole rings is 1. The summed E-state index contributed by atoms with van der Waals surface area (Å²) in [6.45, 7) is 2.37. The predicted octanol–water partition coefficient (Wildman–Crippen LogP) is 4.73. The average Bonchev–Trinajstić information content (AvgIpc) is 3.39. The van der Waals surface area contributed by atoms with Gasteiger partial charge in [0, 0.05) is 22.3 Å². The second kappa shape index (κ2) is 13.1. The zero-order valence-electron chi connectivity index (χ0n) is 19.6. The summed E-state index contributed by atoms with van der Waals surface area (Å²) in [6.07, 6.45) is 5.05. The number of carbonyl (C=O) groups is 2. The highest BCUT2D eigenvalue weighted by atomic mass is 79.9. The van der Waals surface area contributed by atoms with E-state index in [9.17, 15) is 18.0 Å². The van der Waals surface area contributed by atoms with Gasteiger partial charge in [-0.15, -0.1) is 0 Å². The lowest BCUT2D eigenvalue weighted by atomic mass is 10.2. The van der Waals surface area contributed by atoms with Crippen molar-refractivity contribution in [2.45, 2.75) is 37.5 Å². The monoisotopic (exact) mass is 578 g/mol. The van der Waals surface area contributed by atoms with Crippen LogP contribution in [-0.2, 0) is 19.6 Å². The van der Waals surface area contributed by atoms with E-state index >= 15 is 0 Å². The van der Waals surface area contributed by atoms with Crippen LogP contribution in [0.5, 0.6) is 5.75 Å². The first-order valence-electron chi connectivity index (χ1n) is 11.3. The van der Waals surface area contributed by atoms with Gasteiger partial charge in [0.2, 0.25) is 0 Å². The van der Waals surface area contributed by atoms with Crippen molar-refractivity contribution < 1.29 is 27.5 Å². The maximum atomic E-state index is 13.3. The molecule has 0 radical (unpaired) electrons. The Morgan fingerprint density at radius 2 is 1.81 bits per heavy atom. The molecule has 0 aliphatic rings. The lowest BCUT2D eigenvalue weighted by molar-refractivity contribution is -0.143. The number of aromatic amines is 1. The summed E-state index contributed by atoms with van der Waals surface area (Å²) >= 11 is 3.32. The van der Waals surface area contributed by atoms with Crippen LogP contribution in [0.15, 0.2) is 64.4 Å². The number of hydrogen-bond donors (Lipinski definition) is 3. The molecule has 0 aliphatic carbocycles. The molecule has 1 aromatic heterocycles. The molecule has 0 atom stereocenters. The first-order valence-corrected chi connectivity index (χ1v) is 13.6. The number of H-pyrrole nitrogens is 1. The Labute approximate surface area is 218 Å². The quantitative estimate of drug-likeness (QED) is 0.197. The van der Waals surface area contributed by atoms with Crippen LogP contribution in [0.2, 0.25) is 0 Å². The number of ether oxygens (including phenoxy) is 2. The summed E-state index contributed by atoms with van der Waals surface area (Å²) in [5.41, 5.74) is 0.873. The molecular formula is C24H27BrN4O6S. The number of sulfonamides is 1. The largest absolute Gasteiger partial charge is 0.492 e. The third-order valence-corrected chi connectivity index (χ3v) is 6.85. The number of esters is 1. The number of amides is 1. The Balaban J connectivity index is 1.73. The smallest absolute Gasteiger partial charge is 0.305 e. The molecule has 0 bridgehead atoms. The third kappa shape index (κ3) is 8.09. The van der Waals surface area contributed by atoms with Crippen LogP contribution >= 0.6 is 15.9 Å². The SMILES string of the molecule is CCOC(=O)CCCCCOc1ccc(NC(=O)c2cnc[nH]2)cc1S(=O)(=O)Nc1ccc(Br)cc1. The summed E-state index contributed by atoms with van der Waals surface area (Å²) in [5, 5.41) is 2.65. The lowest BCUT2D eigenvalue weighted by Gasteiger charge is -2.15. The van der Waals surface area contributed by atoms with E-state index in [0.717, 1.165) is 10.9 Å². The van der Waals surface area contributed by atoms with Gasteiger partial charge in [-0.25, -0.2) is 13.4 Å². The molecule has 1 amide bonds. The van der Waals surface area contributed by atoms with Crippen LogP contribution in [0.4, 0.5) is 11.4 Å². The fourth-order valence-corrected chi connectivity index (χ4v) is 4.68. The van der Waals surface area contributed by atoms with Crippen LogP contribution in [-0.4, -0.2) is 43.5 Å². The molecule has 36 heavy (non-hydrogen) atoms. The van der Waals surface area contributed by atoms with Gasteiger partial charge in [0.05, 0.1) is 25.7 Å². The van der Waals surface area contributed by atoms with Crippen molar-refractivity contribution in [1.29, 1.82) is 0 Å². The number of rotatable bonds is 13. The van der Waals surface area contributed by atoms with Crippen molar-refractivity contribution in [3.63, 3.8) is 0 Å². The number of aromatic nitrogens is 2. The molecule has 3 N–H and O–H groups in total.